The van der Waals surface area contributed by atoms with Crippen LogP contribution in [0.15, 0.2) is 11.4 Å². The topological polar surface area (TPSA) is 38.0 Å². The fraction of sp³-hybridized carbons (Fsp3) is 0.667. The van der Waals surface area contributed by atoms with Crippen LogP contribution in [0.1, 0.15) is 30.7 Å². The lowest BCUT2D eigenvalue weighted by Crippen LogP contribution is -2.22. The first kappa shape index (κ1) is 12.7. The van der Waals surface area contributed by atoms with Crippen LogP contribution in [-0.2, 0) is 13.0 Å². The maximum atomic E-state index is 5.52. The lowest BCUT2D eigenvalue weighted by molar-refractivity contribution is 0.487. The number of hydrogen-bond donors (Lipinski definition) is 2. The zero-order chi connectivity index (χ0) is 11.1. The SMILES string of the molecule is CCc1ccsc1CNCC(C)CCN. The fourth-order valence-corrected chi connectivity index (χ4v) is 2.60. The van der Waals surface area contributed by atoms with Crippen LogP contribution in [0.5, 0.6) is 0 Å². The van der Waals surface area contributed by atoms with Crippen LogP contribution < -0.4 is 11.1 Å². The molecule has 0 bridgehead atoms. The fourth-order valence-electron chi connectivity index (χ4n) is 1.66. The number of nitrogens with two attached hydrogens (primary N) is 1. The minimum atomic E-state index is 0.681. The van der Waals surface area contributed by atoms with Crippen LogP contribution in [0.4, 0.5) is 0 Å². The molecule has 0 aliphatic rings. The van der Waals surface area contributed by atoms with Crippen LogP contribution in [-0.4, -0.2) is 13.1 Å². The second-order valence-electron chi connectivity index (χ2n) is 4.04. The van der Waals surface area contributed by atoms with Gasteiger partial charge in [-0.2, -0.15) is 0 Å². The molecule has 1 atom stereocenters. The number of aryl methyl sites for hydroxylation is 1. The summed E-state index contributed by atoms with van der Waals surface area (Å²) in [6.45, 7) is 7.33. The van der Waals surface area contributed by atoms with E-state index in [1.165, 1.54) is 10.4 Å². The van der Waals surface area contributed by atoms with E-state index >= 15 is 0 Å². The largest absolute Gasteiger partial charge is 0.330 e. The average molecular weight is 226 g/mol. The Morgan fingerprint density at radius 2 is 2.33 bits per heavy atom. The smallest absolute Gasteiger partial charge is 0.0302 e. The summed E-state index contributed by atoms with van der Waals surface area (Å²) in [6.07, 6.45) is 2.25. The maximum absolute atomic E-state index is 5.52. The lowest BCUT2D eigenvalue weighted by atomic mass is 10.1. The highest BCUT2D eigenvalue weighted by atomic mass is 32.1. The van der Waals surface area contributed by atoms with E-state index in [-0.39, 0.29) is 0 Å². The van der Waals surface area contributed by atoms with Gasteiger partial charge in [-0.1, -0.05) is 13.8 Å². The molecular formula is C12H22N2S. The van der Waals surface area contributed by atoms with E-state index in [2.05, 4.69) is 30.6 Å². The van der Waals surface area contributed by atoms with E-state index in [0.717, 1.165) is 32.5 Å². The normalized spacial score (nSPS) is 13.0. The average Bonchev–Trinajstić information content (AvgIpc) is 2.66. The molecule has 1 aromatic heterocycles. The van der Waals surface area contributed by atoms with Crippen molar-refractivity contribution >= 4 is 11.3 Å². The predicted molar refractivity (Wildman–Crippen MR) is 68.2 cm³/mol. The van der Waals surface area contributed by atoms with Crippen molar-refractivity contribution in [2.24, 2.45) is 11.7 Å². The second kappa shape index (κ2) is 6.99. The standard InChI is InChI=1S/C12H22N2S/c1-3-11-5-7-15-12(11)9-14-8-10(2)4-6-13/h5,7,10,14H,3-4,6,8-9,13H2,1-2H3. The molecule has 0 aromatic carbocycles. The number of thiophene rings is 1. The molecule has 1 rings (SSSR count). The molecule has 86 valence electrons. The number of hydrogen-bond acceptors (Lipinski definition) is 3. The van der Waals surface area contributed by atoms with Gasteiger partial charge in [0.15, 0.2) is 0 Å². The molecule has 0 aliphatic heterocycles. The minimum absolute atomic E-state index is 0.681. The molecule has 0 spiro atoms. The Kier molecular flexibility index (Phi) is 5.91. The molecule has 0 aliphatic carbocycles. The summed E-state index contributed by atoms with van der Waals surface area (Å²) in [5, 5.41) is 5.68. The molecule has 15 heavy (non-hydrogen) atoms. The summed E-state index contributed by atoms with van der Waals surface area (Å²) in [5.74, 6) is 0.681. The molecule has 0 fully saturated rings. The van der Waals surface area contributed by atoms with Crippen molar-refractivity contribution < 1.29 is 0 Å². The van der Waals surface area contributed by atoms with Crippen molar-refractivity contribution in [2.45, 2.75) is 33.2 Å². The first-order valence-corrected chi connectivity index (χ1v) is 6.61. The molecule has 0 radical (unpaired) electrons. The third-order valence-corrected chi connectivity index (χ3v) is 3.62. The van der Waals surface area contributed by atoms with Crippen molar-refractivity contribution in [2.75, 3.05) is 13.1 Å². The Labute approximate surface area is 96.9 Å². The van der Waals surface area contributed by atoms with E-state index in [1.54, 1.807) is 0 Å². The zero-order valence-electron chi connectivity index (χ0n) is 9.75. The van der Waals surface area contributed by atoms with Gasteiger partial charge in [0.05, 0.1) is 0 Å². The van der Waals surface area contributed by atoms with E-state index in [0.29, 0.717) is 5.92 Å². The van der Waals surface area contributed by atoms with Crippen molar-refractivity contribution in [3.63, 3.8) is 0 Å². The van der Waals surface area contributed by atoms with Crippen LogP contribution in [0.25, 0.3) is 0 Å². The summed E-state index contributed by atoms with van der Waals surface area (Å²) in [4.78, 5) is 1.48. The second-order valence-corrected chi connectivity index (χ2v) is 5.04. The summed E-state index contributed by atoms with van der Waals surface area (Å²) < 4.78 is 0. The molecule has 3 N–H and O–H groups in total. The molecule has 1 heterocycles. The Morgan fingerprint density at radius 3 is 3.00 bits per heavy atom. The highest BCUT2D eigenvalue weighted by Crippen LogP contribution is 2.16. The number of rotatable bonds is 7. The van der Waals surface area contributed by atoms with Crippen molar-refractivity contribution in [1.29, 1.82) is 0 Å². The van der Waals surface area contributed by atoms with Crippen molar-refractivity contribution in [3.8, 4) is 0 Å². The third kappa shape index (κ3) is 4.33. The van der Waals surface area contributed by atoms with Crippen LogP contribution in [0, 0.1) is 5.92 Å². The van der Waals surface area contributed by atoms with E-state index in [4.69, 9.17) is 5.73 Å². The van der Waals surface area contributed by atoms with Gasteiger partial charge < -0.3 is 11.1 Å². The highest BCUT2D eigenvalue weighted by Gasteiger charge is 2.03. The Bertz CT molecular complexity index is 270. The van der Waals surface area contributed by atoms with Gasteiger partial charge >= 0.3 is 0 Å². The summed E-state index contributed by atoms with van der Waals surface area (Å²) >= 11 is 1.85. The van der Waals surface area contributed by atoms with Gasteiger partial charge in [0, 0.05) is 11.4 Å². The third-order valence-electron chi connectivity index (χ3n) is 2.66. The van der Waals surface area contributed by atoms with Crippen molar-refractivity contribution in [1.82, 2.24) is 5.32 Å². The van der Waals surface area contributed by atoms with Gasteiger partial charge in [0.2, 0.25) is 0 Å². The minimum Gasteiger partial charge on any atom is -0.330 e. The molecule has 3 heteroatoms. The molecule has 2 nitrogen and oxygen atoms in total. The van der Waals surface area contributed by atoms with Gasteiger partial charge in [-0.15, -0.1) is 11.3 Å². The molecule has 0 saturated carbocycles. The number of nitrogens with one attached hydrogen (secondary N) is 1. The summed E-state index contributed by atoms with van der Waals surface area (Å²) in [6, 6.07) is 2.23. The van der Waals surface area contributed by atoms with E-state index < -0.39 is 0 Å². The van der Waals surface area contributed by atoms with Gasteiger partial charge in [-0.25, -0.2) is 0 Å². The van der Waals surface area contributed by atoms with Crippen molar-refractivity contribution in [3.05, 3.63) is 21.9 Å². The Hall–Kier alpha value is -0.380. The molecule has 0 saturated heterocycles. The highest BCUT2D eigenvalue weighted by molar-refractivity contribution is 7.10. The van der Waals surface area contributed by atoms with Crippen LogP contribution in [0.2, 0.25) is 0 Å². The van der Waals surface area contributed by atoms with Gasteiger partial charge in [-0.05, 0) is 48.9 Å². The molecule has 1 unspecified atom stereocenters. The first-order valence-electron chi connectivity index (χ1n) is 5.74. The quantitative estimate of drug-likeness (QED) is 0.749. The zero-order valence-corrected chi connectivity index (χ0v) is 10.6. The molecule has 1 aromatic rings. The first-order chi connectivity index (χ1) is 7.27. The Morgan fingerprint density at radius 1 is 1.53 bits per heavy atom. The monoisotopic (exact) mass is 226 g/mol. The van der Waals surface area contributed by atoms with E-state index in [1.807, 2.05) is 11.3 Å². The summed E-state index contributed by atoms with van der Waals surface area (Å²) in [5.41, 5.74) is 7.00. The Balaban J connectivity index is 2.25. The van der Waals surface area contributed by atoms with Crippen LogP contribution >= 0.6 is 11.3 Å². The van der Waals surface area contributed by atoms with Gasteiger partial charge in [0.25, 0.3) is 0 Å². The van der Waals surface area contributed by atoms with Gasteiger partial charge in [0.1, 0.15) is 0 Å². The summed E-state index contributed by atoms with van der Waals surface area (Å²) in [7, 11) is 0. The molecular weight excluding hydrogens is 204 g/mol. The maximum Gasteiger partial charge on any atom is 0.0302 e. The molecule has 0 amide bonds. The predicted octanol–water partition coefficient (Wildman–Crippen LogP) is 2.39. The van der Waals surface area contributed by atoms with E-state index in [9.17, 15) is 0 Å². The lowest BCUT2D eigenvalue weighted by Gasteiger charge is -2.11. The van der Waals surface area contributed by atoms with Gasteiger partial charge in [-0.3, -0.25) is 0 Å². The van der Waals surface area contributed by atoms with Crippen LogP contribution in [0.3, 0.4) is 0 Å².